The molecule has 0 saturated carbocycles. The Hall–Kier alpha value is -4.20. The summed E-state index contributed by atoms with van der Waals surface area (Å²) in [4.78, 5) is 28.1. The molecular formula is C20H12N4O4. The Kier molecular flexibility index (Phi) is 3.23. The van der Waals surface area contributed by atoms with Gasteiger partial charge in [0.05, 0.1) is 11.4 Å². The number of carbonyl (C=O) groups excluding carboxylic acids is 1. The van der Waals surface area contributed by atoms with E-state index in [1.165, 1.54) is 36.4 Å². The van der Waals surface area contributed by atoms with Crippen molar-refractivity contribution in [3.05, 3.63) is 88.6 Å². The van der Waals surface area contributed by atoms with Crippen LogP contribution in [0.25, 0.3) is 5.76 Å². The summed E-state index contributed by atoms with van der Waals surface area (Å²) in [6.07, 6.45) is 9.14. The quantitative estimate of drug-likeness (QED) is 0.557. The monoisotopic (exact) mass is 372 g/mol. The molecule has 4 aliphatic rings. The summed E-state index contributed by atoms with van der Waals surface area (Å²) < 4.78 is 0. The molecule has 4 N–H and O–H groups in total. The number of hydrogen-bond donors (Lipinski definition) is 4. The molecule has 0 unspecified atom stereocenters. The minimum absolute atomic E-state index is 0.136. The van der Waals surface area contributed by atoms with Crippen LogP contribution in [0.2, 0.25) is 0 Å². The van der Waals surface area contributed by atoms with E-state index in [0.717, 1.165) is 0 Å². The van der Waals surface area contributed by atoms with Crippen molar-refractivity contribution in [2.45, 2.75) is 0 Å². The van der Waals surface area contributed by atoms with Crippen molar-refractivity contribution >= 4 is 28.7 Å². The molecule has 0 atom stereocenters. The summed E-state index contributed by atoms with van der Waals surface area (Å²) in [6.45, 7) is 0. The number of hydrogen-bond acceptors (Lipinski definition) is 7. The van der Waals surface area contributed by atoms with Crippen molar-refractivity contribution < 1.29 is 20.1 Å². The third kappa shape index (κ3) is 2.32. The number of aliphatic hydroxyl groups is 3. The van der Waals surface area contributed by atoms with E-state index in [2.05, 4.69) is 20.0 Å². The van der Waals surface area contributed by atoms with Crippen LogP contribution in [0, 0.1) is 0 Å². The van der Waals surface area contributed by atoms with Crippen LogP contribution >= 0.6 is 0 Å². The first-order valence-electron chi connectivity index (χ1n) is 8.36. The topological polar surface area (TPSA) is 131 Å². The fourth-order valence-electron chi connectivity index (χ4n) is 3.08. The number of nitrogens with one attached hydrogen (secondary N) is 1. The summed E-state index contributed by atoms with van der Waals surface area (Å²) >= 11 is 0. The number of Topliss-reactive ketones (excluding diaryl/α,β-unsaturated/α-hetero) is 1. The highest BCUT2D eigenvalue weighted by Gasteiger charge is 2.24. The number of aromatic amines is 1. The fourth-order valence-corrected chi connectivity index (χ4v) is 3.08. The number of H-pyrrole nitrogens is 1. The lowest BCUT2D eigenvalue weighted by molar-refractivity contribution is 0.106. The van der Waals surface area contributed by atoms with Gasteiger partial charge in [0.2, 0.25) is 5.78 Å². The molecule has 5 heterocycles. The molecule has 0 aliphatic carbocycles. The number of allylic oxidation sites excluding steroid dienone is 6. The van der Waals surface area contributed by atoms with Crippen LogP contribution in [0.1, 0.15) is 16.2 Å². The maximum atomic E-state index is 12.7. The Morgan fingerprint density at radius 2 is 1.07 bits per heavy atom. The summed E-state index contributed by atoms with van der Waals surface area (Å²) in [5, 5.41) is 31.4. The average Bonchev–Trinajstić information content (AvgIpc) is 3.49. The summed E-state index contributed by atoms with van der Waals surface area (Å²) in [7, 11) is 0. The third-order valence-corrected chi connectivity index (χ3v) is 4.55. The minimum atomic E-state index is -0.386. The Bertz CT molecular complexity index is 1240. The second-order valence-corrected chi connectivity index (χ2v) is 6.31. The zero-order valence-electron chi connectivity index (χ0n) is 14.2. The van der Waals surface area contributed by atoms with Gasteiger partial charge in [-0.1, -0.05) is 0 Å². The van der Waals surface area contributed by atoms with Crippen LogP contribution < -0.4 is 0 Å². The molecule has 0 aromatic carbocycles. The zero-order chi connectivity index (χ0) is 19.4. The Balaban J connectivity index is 1.75. The van der Waals surface area contributed by atoms with E-state index in [4.69, 9.17) is 0 Å². The van der Waals surface area contributed by atoms with E-state index in [1.807, 2.05) is 0 Å². The number of nitrogens with zero attached hydrogens (tertiary/aromatic N) is 3. The van der Waals surface area contributed by atoms with E-state index in [1.54, 1.807) is 12.1 Å². The van der Waals surface area contributed by atoms with Gasteiger partial charge in [0, 0.05) is 0 Å². The number of fused-ring (bicyclic) bond motifs is 5. The van der Waals surface area contributed by atoms with Crippen LogP contribution in [0.15, 0.2) is 92.2 Å². The van der Waals surface area contributed by atoms with Crippen LogP contribution in [-0.2, 0) is 0 Å². The smallest absolute Gasteiger partial charge is 0.227 e. The molecule has 0 spiro atoms. The van der Waals surface area contributed by atoms with Gasteiger partial charge in [0.15, 0.2) is 17.3 Å². The molecule has 1 aromatic rings. The first-order chi connectivity index (χ1) is 13.5. The van der Waals surface area contributed by atoms with Crippen molar-refractivity contribution in [1.82, 2.24) is 4.98 Å². The van der Waals surface area contributed by atoms with Crippen molar-refractivity contribution in [2.75, 3.05) is 0 Å². The van der Waals surface area contributed by atoms with Crippen molar-refractivity contribution in [2.24, 2.45) is 15.0 Å². The van der Waals surface area contributed by atoms with E-state index in [-0.39, 0.29) is 63.0 Å². The Morgan fingerprint density at radius 1 is 0.607 bits per heavy atom. The van der Waals surface area contributed by atoms with E-state index in [0.29, 0.717) is 5.69 Å². The van der Waals surface area contributed by atoms with Crippen LogP contribution in [0.5, 0.6) is 0 Å². The molecule has 28 heavy (non-hydrogen) atoms. The molecule has 1 aromatic heterocycles. The van der Waals surface area contributed by atoms with E-state index >= 15 is 0 Å². The molecule has 0 radical (unpaired) electrons. The average molecular weight is 372 g/mol. The standard InChI is InChI=1S/C20H12N4O4/c25-17-9-1-2-10(21-9)18(26)12-5-6-14(23-12)20(28)16-8-7-15(24-16)19(27)13-4-3-11(17)22-13/h1-8,21,25,27-28H. The molecule has 0 amide bonds. The van der Waals surface area contributed by atoms with Crippen molar-refractivity contribution in [3.63, 3.8) is 0 Å². The maximum absolute atomic E-state index is 12.7. The van der Waals surface area contributed by atoms with Gasteiger partial charge >= 0.3 is 0 Å². The highest BCUT2D eigenvalue weighted by atomic mass is 16.3. The van der Waals surface area contributed by atoms with Gasteiger partial charge in [-0.25, -0.2) is 15.0 Å². The SMILES string of the molecule is O=C1C2=NC(=C(O)C3=NC(=C(O)C4=NC(=C(O)c5ccc1[nH]5)C=C4)C=C3)C=C2. The molecule has 136 valence electrons. The van der Waals surface area contributed by atoms with Crippen molar-refractivity contribution in [3.8, 4) is 0 Å². The largest absolute Gasteiger partial charge is 0.504 e. The number of ketones is 1. The highest BCUT2D eigenvalue weighted by molar-refractivity contribution is 6.50. The molecular weight excluding hydrogens is 360 g/mol. The van der Waals surface area contributed by atoms with Crippen LogP contribution in [0.3, 0.4) is 0 Å². The molecule has 4 aliphatic heterocycles. The lowest BCUT2D eigenvalue weighted by Gasteiger charge is -2.02. The van der Waals surface area contributed by atoms with Crippen LogP contribution in [0.4, 0.5) is 0 Å². The highest BCUT2D eigenvalue weighted by Crippen LogP contribution is 2.26. The van der Waals surface area contributed by atoms with Gasteiger partial charge in [-0.15, -0.1) is 0 Å². The second-order valence-electron chi connectivity index (χ2n) is 6.31. The molecule has 8 heteroatoms. The van der Waals surface area contributed by atoms with Gasteiger partial charge in [0.1, 0.15) is 34.2 Å². The maximum Gasteiger partial charge on any atom is 0.227 e. The normalized spacial score (nSPS) is 20.4. The molecule has 0 saturated heterocycles. The lowest BCUT2D eigenvalue weighted by atomic mass is 10.2. The molecule has 0 fully saturated rings. The summed E-state index contributed by atoms with van der Waals surface area (Å²) in [5.41, 5.74) is 1.71. The first-order valence-corrected chi connectivity index (χ1v) is 8.36. The number of aliphatic imine (C=N–C) groups is 3. The van der Waals surface area contributed by atoms with Gasteiger partial charge < -0.3 is 20.3 Å². The first kappa shape index (κ1) is 16.0. The minimum Gasteiger partial charge on any atom is -0.504 e. The number of rotatable bonds is 0. The zero-order valence-corrected chi connectivity index (χ0v) is 14.2. The van der Waals surface area contributed by atoms with Crippen molar-refractivity contribution in [1.29, 1.82) is 0 Å². The van der Waals surface area contributed by atoms with Gasteiger partial charge in [0.25, 0.3) is 0 Å². The van der Waals surface area contributed by atoms with Crippen LogP contribution in [-0.4, -0.2) is 43.2 Å². The molecule has 8 nitrogen and oxygen atoms in total. The predicted molar refractivity (Wildman–Crippen MR) is 104 cm³/mol. The van der Waals surface area contributed by atoms with Gasteiger partial charge in [-0.3, -0.25) is 4.79 Å². The number of aliphatic hydroxyl groups excluding tert-OH is 3. The Morgan fingerprint density at radius 3 is 1.68 bits per heavy atom. The van der Waals surface area contributed by atoms with E-state index < -0.39 is 0 Å². The number of carbonyl (C=O) groups is 1. The number of aromatic nitrogens is 1. The second kappa shape index (κ2) is 5.65. The fraction of sp³-hybridized carbons (Fsp3) is 0. The predicted octanol–water partition coefficient (Wildman–Crippen LogP) is 3.01. The van der Waals surface area contributed by atoms with E-state index in [9.17, 15) is 20.1 Å². The molecule has 5 rings (SSSR count). The third-order valence-electron chi connectivity index (χ3n) is 4.55. The summed E-state index contributed by atoms with van der Waals surface area (Å²) in [5.74, 6) is -0.949. The molecule has 8 bridgehead atoms. The summed E-state index contributed by atoms with van der Waals surface area (Å²) in [6, 6.07) is 3.08. The van der Waals surface area contributed by atoms with Gasteiger partial charge in [-0.05, 0) is 48.6 Å². The lowest BCUT2D eigenvalue weighted by Crippen LogP contribution is -2.11. The van der Waals surface area contributed by atoms with Gasteiger partial charge in [-0.2, -0.15) is 0 Å². The Labute approximate surface area is 158 Å².